The van der Waals surface area contributed by atoms with Gasteiger partial charge >= 0.3 is 0 Å². The molecule has 2 aliphatic rings. The van der Waals surface area contributed by atoms with Gasteiger partial charge in [-0.2, -0.15) is 11.8 Å². The topological polar surface area (TPSA) is 55.3 Å². The van der Waals surface area contributed by atoms with Crippen LogP contribution >= 0.6 is 35.7 Å². The summed E-state index contributed by atoms with van der Waals surface area (Å²) in [6, 6.07) is 0. The number of rotatable bonds is 9. The zero-order chi connectivity index (χ0) is 18.7. The van der Waals surface area contributed by atoms with Gasteiger partial charge in [0.15, 0.2) is 5.96 Å². The fourth-order valence-electron chi connectivity index (χ4n) is 3.50. The molecular weight excluding hydrogens is 477 g/mol. The molecule has 0 aromatic carbocycles. The number of aliphatic imine (C=N–C) groups is 1. The summed E-state index contributed by atoms with van der Waals surface area (Å²) in [5.41, 5.74) is 0. The summed E-state index contributed by atoms with van der Waals surface area (Å²) in [6.45, 7) is 9.22. The molecule has 0 radical (unpaired) electrons. The Morgan fingerprint density at radius 2 is 1.96 bits per heavy atom. The molecule has 0 atom stereocenters. The molecule has 27 heavy (non-hydrogen) atoms. The van der Waals surface area contributed by atoms with Crippen molar-refractivity contribution < 1.29 is 14.2 Å². The third kappa shape index (κ3) is 8.64. The lowest BCUT2D eigenvalue weighted by molar-refractivity contribution is 0.00987. The minimum absolute atomic E-state index is 0. The zero-order valence-electron chi connectivity index (χ0n) is 17.2. The van der Waals surface area contributed by atoms with E-state index in [0.717, 1.165) is 90.7 Å². The number of thioether (sulfide) groups is 1. The van der Waals surface area contributed by atoms with E-state index in [9.17, 15) is 0 Å². The van der Waals surface area contributed by atoms with Crippen molar-refractivity contribution >= 4 is 41.7 Å². The molecule has 0 saturated carbocycles. The molecule has 2 fully saturated rings. The lowest BCUT2D eigenvalue weighted by Gasteiger charge is -2.37. The first kappa shape index (κ1) is 25.3. The monoisotopic (exact) mass is 515 g/mol. The van der Waals surface area contributed by atoms with Crippen LogP contribution < -0.4 is 5.32 Å². The van der Waals surface area contributed by atoms with E-state index in [1.807, 2.05) is 11.8 Å². The van der Waals surface area contributed by atoms with Gasteiger partial charge in [-0.25, -0.2) is 0 Å². The van der Waals surface area contributed by atoms with Crippen molar-refractivity contribution in [2.24, 2.45) is 4.99 Å². The summed E-state index contributed by atoms with van der Waals surface area (Å²) in [6.07, 6.45) is 7.88. The van der Waals surface area contributed by atoms with Crippen molar-refractivity contribution in [2.75, 3.05) is 66.0 Å². The number of likely N-dealkylation sites (tertiary alicyclic amines) is 1. The Morgan fingerprint density at radius 3 is 2.56 bits per heavy atom. The summed E-state index contributed by atoms with van der Waals surface area (Å²) in [5.74, 6) is 1.06. The quantitative estimate of drug-likeness (QED) is 0.221. The van der Waals surface area contributed by atoms with Gasteiger partial charge in [-0.3, -0.25) is 4.99 Å². The van der Waals surface area contributed by atoms with Crippen molar-refractivity contribution in [3.8, 4) is 0 Å². The number of hydrogen-bond acceptors (Lipinski definition) is 5. The molecule has 2 rings (SSSR count). The Bertz CT molecular complexity index is 415. The number of halogens is 1. The first-order valence-electron chi connectivity index (χ1n) is 9.99. The van der Waals surface area contributed by atoms with Gasteiger partial charge in [0, 0.05) is 57.9 Å². The van der Waals surface area contributed by atoms with Gasteiger partial charge in [0.05, 0.1) is 12.6 Å². The molecule has 0 unspecified atom stereocenters. The number of guanidine groups is 1. The number of nitrogens with zero attached hydrogens (tertiary/aromatic N) is 2. The molecule has 2 heterocycles. The third-order valence-corrected chi connectivity index (χ3v) is 6.68. The molecule has 160 valence electrons. The largest absolute Gasteiger partial charge is 0.385 e. The van der Waals surface area contributed by atoms with Crippen LogP contribution in [-0.4, -0.2) is 87.7 Å². The van der Waals surface area contributed by atoms with Gasteiger partial charge in [-0.1, -0.05) is 0 Å². The van der Waals surface area contributed by atoms with Gasteiger partial charge < -0.3 is 24.4 Å². The van der Waals surface area contributed by atoms with Crippen LogP contribution in [0.15, 0.2) is 4.99 Å². The molecule has 2 saturated heterocycles. The van der Waals surface area contributed by atoms with E-state index in [-0.39, 0.29) is 28.7 Å². The minimum Gasteiger partial charge on any atom is -0.385 e. The molecule has 0 aliphatic carbocycles. The Hall–Kier alpha value is 0.230. The van der Waals surface area contributed by atoms with Crippen LogP contribution in [0, 0.1) is 0 Å². The van der Waals surface area contributed by atoms with E-state index >= 15 is 0 Å². The highest BCUT2D eigenvalue weighted by molar-refractivity contribution is 14.0. The van der Waals surface area contributed by atoms with Crippen molar-refractivity contribution in [3.63, 3.8) is 0 Å². The normalized spacial score (nSPS) is 21.0. The summed E-state index contributed by atoms with van der Waals surface area (Å²) in [7, 11) is 1.74. The standard InChI is InChI=1S/C19H37N3O3S.HI/c1-4-20-18(21-16-19(26-3)8-14-24-15-9-19)22-10-6-17(7-11-22)25-13-5-12-23-2;/h17H,4-16H2,1-3H3,(H,20,21);1H. The van der Waals surface area contributed by atoms with E-state index in [0.29, 0.717) is 6.10 Å². The zero-order valence-corrected chi connectivity index (χ0v) is 20.4. The smallest absolute Gasteiger partial charge is 0.193 e. The molecule has 6 nitrogen and oxygen atoms in total. The van der Waals surface area contributed by atoms with Gasteiger partial charge in [-0.05, 0) is 45.3 Å². The highest BCUT2D eigenvalue weighted by Gasteiger charge is 2.32. The van der Waals surface area contributed by atoms with E-state index in [2.05, 4.69) is 23.4 Å². The highest BCUT2D eigenvalue weighted by Crippen LogP contribution is 2.34. The van der Waals surface area contributed by atoms with Crippen LogP contribution in [0.2, 0.25) is 0 Å². The average Bonchev–Trinajstić information content (AvgIpc) is 2.70. The van der Waals surface area contributed by atoms with E-state index in [4.69, 9.17) is 19.2 Å². The Kier molecular flexibility index (Phi) is 13.3. The van der Waals surface area contributed by atoms with Crippen molar-refractivity contribution in [2.45, 2.75) is 49.9 Å². The van der Waals surface area contributed by atoms with Gasteiger partial charge in [0.25, 0.3) is 0 Å². The van der Waals surface area contributed by atoms with Crippen molar-refractivity contribution in [1.29, 1.82) is 0 Å². The Morgan fingerprint density at radius 1 is 1.26 bits per heavy atom. The molecule has 0 spiro atoms. The number of hydrogen-bond donors (Lipinski definition) is 1. The summed E-state index contributed by atoms with van der Waals surface area (Å²) < 4.78 is 16.8. The van der Waals surface area contributed by atoms with Gasteiger partial charge in [0.2, 0.25) is 0 Å². The summed E-state index contributed by atoms with van der Waals surface area (Å²) in [5, 5.41) is 3.49. The Balaban J connectivity index is 0.00000364. The number of methoxy groups -OCH3 is 1. The second-order valence-corrected chi connectivity index (χ2v) is 8.35. The maximum atomic E-state index is 5.98. The molecule has 0 amide bonds. The first-order chi connectivity index (χ1) is 12.7. The van der Waals surface area contributed by atoms with Gasteiger partial charge in [0.1, 0.15) is 0 Å². The second-order valence-electron chi connectivity index (χ2n) is 7.07. The van der Waals surface area contributed by atoms with E-state index in [1.165, 1.54) is 0 Å². The molecule has 8 heteroatoms. The van der Waals surface area contributed by atoms with Crippen LogP contribution in [0.25, 0.3) is 0 Å². The molecular formula is C19H38IN3O3S. The lowest BCUT2D eigenvalue weighted by Crippen LogP contribution is -2.48. The highest BCUT2D eigenvalue weighted by atomic mass is 127. The maximum Gasteiger partial charge on any atom is 0.193 e. The maximum absolute atomic E-state index is 5.98. The minimum atomic E-state index is 0. The van der Waals surface area contributed by atoms with Crippen molar-refractivity contribution in [1.82, 2.24) is 10.2 Å². The van der Waals surface area contributed by atoms with Crippen LogP contribution in [0.3, 0.4) is 0 Å². The van der Waals surface area contributed by atoms with Crippen LogP contribution in [0.4, 0.5) is 0 Å². The predicted molar refractivity (Wildman–Crippen MR) is 125 cm³/mol. The summed E-state index contributed by atoms with van der Waals surface area (Å²) in [4.78, 5) is 7.41. The van der Waals surface area contributed by atoms with Crippen LogP contribution in [0.5, 0.6) is 0 Å². The molecule has 1 N–H and O–H groups in total. The van der Waals surface area contributed by atoms with Crippen molar-refractivity contribution in [3.05, 3.63) is 0 Å². The molecule has 0 bridgehead atoms. The lowest BCUT2D eigenvalue weighted by atomic mass is 9.99. The first-order valence-corrected chi connectivity index (χ1v) is 11.2. The number of ether oxygens (including phenoxy) is 3. The van der Waals surface area contributed by atoms with Gasteiger partial charge in [-0.15, -0.1) is 24.0 Å². The van der Waals surface area contributed by atoms with E-state index < -0.39 is 0 Å². The second kappa shape index (κ2) is 14.3. The molecule has 0 aromatic rings. The van der Waals surface area contributed by atoms with Crippen LogP contribution in [0.1, 0.15) is 39.0 Å². The molecule has 2 aliphatic heterocycles. The number of nitrogens with one attached hydrogen (secondary N) is 1. The molecule has 0 aromatic heterocycles. The van der Waals surface area contributed by atoms with Crippen LogP contribution in [-0.2, 0) is 14.2 Å². The SMILES string of the molecule is CCNC(=NCC1(SC)CCOCC1)N1CCC(OCCCOC)CC1.I. The Labute approximate surface area is 186 Å². The average molecular weight is 516 g/mol. The summed E-state index contributed by atoms with van der Waals surface area (Å²) >= 11 is 1.95. The van der Waals surface area contributed by atoms with E-state index in [1.54, 1.807) is 7.11 Å². The predicted octanol–water partition coefficient (Wildman–Crippen LogP) is 3.00. The number of piperidine rings is 1. The fraction of sp³-hybridized carbons (Fsp3) is 0.947. The fourth-order valence-corrected chi connectivity index (χ4v) is 4.27. The third-order valence-electron chi connectivity index (χ3n) is 5.28.